The van der Waals surface area contributed by atoms with Crippen molar-refractivity contribution in [1.29, 1.82) is 0 Å². The number of hydrogen-bond donors (Lipinski definition) is 3. The number of aliphatic hydroxyl groups is 1. The lowest BCUT2D eigenvalue weighted by molar-refractivity contribution is -0.139. The summed E-state index contributed by atoms with van der Waals surface area (Å²) in [5, 5.41) is 17.6. The standard InChI is InChI=1S/C20H20N2O3S2/c1-13(14-6-3-2-4-7-14)22-20(25)19(24)21-12-15-9-10-17(27-15)18(23)16-8-5-11-26-16/h2-11,13,18,23H,12H2,1H3,(H,21,24)(H,22,25)/t13-,18+/m0/s1. The normalized spacial score (nSPS) is 13.0. The Labute approximate surface area is 165 Å². The van der Waals surface area contributed by atoms with Crippen LogP contribution >= 0.6 is 22.7 Å². The molecule has 0 saturated carbocycles. The maximum atomic E-state index is 12.1. The number of carbonyl (C=O) groups is 2. The Morgan fingerprint density at radius 3 is 2.48 bits per heavy atom. The Morgan fingerprint density at radius 1 is 1.00 bits per heavy atom. The van der Waals surface area contributed by atoms with Gasteiger partial charge in [0.2, 0.25) is 0 Å². The lowest BCUT2D eigenvalue weighted by Crippen LogP contribution is -2.40. The third-order valence-electron chi connectivity index (χ3n) is 4.04. The number of thiophene rings is 2. The van der Waals surface area contributed by atoms with Crippen molar-refractivity contribution in [2.45, 2.75) is 25.6 Å². The Bertz CT molecular complexity index is 891. The van der Waals surface area contributed by atoms with E-state index in [0.717, 1.165) is 20.2 Å². The summed E-state index contributed by atoms with van der Waals surface area (Å²) in [7, 11) is 0. The van der Waals surface area contributed by atoms with Crippen molar-refractivity contribution in [3.63, 3.8) is 0 Å². The second-order valence-corrected chi connectivity index (χ2v) is 8.19. The first-order valence-corrected chi connectivity index (χ1v) is 10.2. The van der Waals surface area contributed by atoms with Crippen molar-refractivity contribution < 1.29 is 14.7 Å². The summed E-state index contributed by atoms with van der Waals surface area (Å²) in [6.07, 6.45) is -0.658. The number of hydrogen-bond acceptors (Lipinski definition) is 5. The zero-order valence-corrected chi connectivity index (χ0v) is 16.3. The smallest absolute Gasteiger partial charge is 0.309 e. The minimum absolute atomic E-state index is 0.244. The minimum Gasteiger partial charge on any atom is -0.382 e. The molecule has 0 radical (unpaired) electrons. The Balaban J connectivity index is 1.51. The van der Waals surface area contributed by atoms with Gasteiger partial charge in [0, 0.05) is 14.6 Å². The van der Waals surface area contributed by atoms with Crippen LogP contribution in [-0.2, 0) is 16.1 Å². The molecule has 27 heavy (non-hydrogen) atoms. The monoisotopic (exact) mass is 400 g/mol. The van der Waals surface area contributed by atoms with E-state index in [1.807, 2.05) is 66.9 Å². The van der Waals surface area contributed by atoms with Crippen LogP contribution in [0.15, 0.2) is 60.0 Å². The van der Waals surface area contributed by atoms with E-state index in [-0.39, 0.29) is 12.6 Å². The van der Waals surface area contributed by atoms with Gasteiger partial charge in [0.05, 0.1) is 12.6 Å². The summed E-state index contributed by atoms with van der Waals surface area (Å²) in [5.74, 6) is -1.34. The SMILES string of the molecule is C[C@H](NC(=O)C(=O)NCc1ccc([C@H](O)c2cccs2)s1)c1ccccc1. The van der Waals surface area contributed by atoms with Gasteiger partial charge in [-0.3, -0.25) is 9.59 Å². The Kier molecular flexibility index (Phi) is 6.39. The lowest BCUT2D eigenvalue weighted by Gasteiger charge is -2.13. The first kappa shape index (κ1) is 19.3. The highest BCUT2D eigenvalue weighted by molar-refractivity contribution is 7.12. The zero-order valence-electron chi connectivity index (χ0n) is 14.7. The summed E-state index contributed by atoms with van der Waals surface area (Å²) in [6, 6.07) is 16.7. The molecule has 0 bridgehead atoms. The third-order valence-corrected chi connectivity index (χ3v) is 6.10. The molecule has 3 N–H and O–H groups in total. The van der Waals surface area contributed by atoms with Gasteiger partial charge in [-0.2, -0.15) is 0 Å². The molecule has 2 atom stereocenters. The average Bonchev–Trinajstić information content (AvgIpc) is 3.38. The van der Waals surface area contributed by atoms with E-state index in [1.165, 1.54) is 22.7 Å². The van der Waals surface area contributed by atoms with Gasteiger partial charge in [-0.15, -0.1) is 22.7 Å². The molecule has 0 aliphatic carbocycles. The van der Waals surface area contributed by atoms with E-state index in [1.54, 1.807) is 0 Å². The average molecular weight is 401 g/mol. The van der Waals surface area contributed by atoms with E-state index in [0.29, 0.717) is 0 Å². The van der Waals surface area contributed by atoms with E-state index < -0.39 is 17.9 Å². The van der Waals surface area contributed by atoms with Gasteiger partial charge >= 0.3 is 11.8 Å². The number of benzene rings is 1. The van der Waals surface area contributed by atoms with E-state index in [9.17, 15) is 14.7 Å². The highest BCUT2D eigenvalue weighted by atomic mass is 32.1. The van der Waals surface area contributed by atoms with Gasteiger partial charge < -0.3 is 15.7 Å². The highest BCUT2D eigenvalue weighted by Gasteiger charge is 2.18. The van der Waals surface area contributed by atoms with Crippen LogP contribution in [-0.4, -0.2) is 16.9 Å². The van der Waals surface area contributed by atoms with Gasteiger partial charge in [0.25, 0.3) is 0 Å². The number of rotatable bonds is 6. The van der Waals surface area contributed by atoms with Crippen LogP contribution in [0.2, 0.25) is 0 Å². The fourth-order valence-electron chi connectivity index (χ4n) is 2.56. The lowest BCUT2D eigenvalue weighted by atomic mass is 10.1. The summed E-state index contributed by atoms with van der Waals surface area (Å²) < 4.78 is 0. The molecule has 3 aromatic rings. The molecule has 2 heterocycles. The number of amides is 2. The Hall–Kier alpha value is -2.48. The van der Waals surface area contributed by atoms with Gasteiger partial charge in [-0.1, -0.05) is 36.4 Å². The van der Waals surface area contributed by atoms with Crippen molar-refractivity contribution in [2.24, 2.45) is 0 Å². The molecule has 0 unspecified atom stereocenters. The van der Waals surface area contributed by atoms with E-state index in [2.05, 4.69) is 10.6 Å². The first-order valence-electron chi connectivity index (χ1n) is 8.48. The van der Waals surface area contributed by atoms with Crippen molar-refractivity contribution >= 4 is 34.5 Å². The Morgan fingerprint density at radius 2 is 1.78 bits per heavy atom. The van der Waals surface area contributed by atoms with E-state index in [4.69, 9.17) is 0 Å². The molecule has 0 saturated heterocycles. The fourth-order valence-corrected chi connectivity index (χ4v) is 4.32. The van der Waals surface area contributed by atoms with Gasteiger partial charge in [-0.05, 0) is 36.1 Å². The fraction of sp³-hybridized carbons (Fsp3) is 0.200. The van der Waals surface area contributed by atoms with Gasteiger partial charge in [0.15, 0.2) is 0 Å². The molecule has 2 amide bonds. The van der Waals surface area contributed by atoms with Crippen LogP contribution in [0.3, 0.4) is 0 Å². The molecule has 0 fully saturated rings. The summed E-state index contributed by atoms with van der Waals surface area (Å²) in [5.41, 5.74) is 0.934. The molecule has 0 aliphatic rings. The van der Waals surface area contributed by atoms with Crippen molar-refractivity contribution in [3.8, 4) is 0 Å². The molecule has 0 spiro atoms. The van der Waals surface area contributed by atoms with Crippen LogP contribution in [0.5, 0.6) is 0 Å². The molecule has 2 aromatic heterocycles. The van der Waals surface area contributed by atoms with Crippen molar-refractivity contribution in [3.05, 3.63) is 80.2 Å². The second kappa shape index (κ2) is 8.94. The molecule has 1 aromatic carbocycles. The third kappa shape index (κ3) is 5.03. The molecule has 7 heteroatoms. The van der Waals surface area contributed by atoms with Gasteiger partial charge in [-0.25, -0.2) is 0 Å². The van der Waals surface area contributed by atoms with Crippen LogP contribution in [0, 0.1) is 0 Å². The van der Waals surface area contributed by atoms with Gasteiger partial charge in [0.1, 0.15) is 6.10 Å². The number of nitrogens with one attached hydrogen (secondary N) is 2. The quantitative estimate of drug-likeness (QED) is 0.555. The minimum atomic E-state index is -0.675. The molecular formula is C20H20N2O3S2. The highest BCUT2D eigenvalue weighted by Crippen LogP contribution is 2.30. The van der Waals surface area contributed by atoms with E-state index >= 15 is 0 Å². The number of carbonyl (C=O) groups excluding carboxylic acids is 2. The molecule has 5 nitrogen and oxygen atoms in total. The van der Waals surface area contributed by atoms with Crippen LogP contribution in [0.4, 0.5) is 0 Å². The molecule has 140 valence electrons. The molecule has 3 rings (SSSR count). The first-order chi connectivity index (χ1) is 13.0. The summed E-state index contributed by atoms with van der Waals surface area (Å²) in [4.78, 5) is 26.7. The summed E-state index contributed by atoms with van der Waals surface area (Å²) in [6.45, 7) is 2.08. The predicted octanol–water partition coefficient (Wildman–Crippen LogP) is 3.38. The molecule has 0 aliphatic heterocycles. The largest absolute Gasteiger partial charge is 0.382 e. The molecular weight excluding hydrogens is 380 g/mol. The zero-order chi connectivity index (χ0) is 19.2. The predicted molar refractivity (Wildman–Crippen MR) is 108 cm³/mol. The summed E-state index contributed by atoms with van der Waals surface area (Å²) >= 11 is 2.91. The van der Waals surface area contributed by atoms with Crippen LogP contribution in [0.25, 0.3) is 0 Å². The van der Waals surface area contributed by atoms with Crippen molar-refractivity contribution in [1.82, 2.24) is 10.6 Å². The maximum Gasteiger partial charge on any atom is 0.309 e. The van der Waals surface area contributed by atoms with Crippen LogP contribution < -0.4 is 10.6 Å². The second-order valence-electron chi connectivity index (χ2n) is 6.01. The topological polar surface area (TPSA) is 78.4 Å². The number of aliphatic hydroxyl groups excluding tert-OH is 1. The van der Waals surface area contributed by atoms with Crippen LogP contribution in [0.1, 0.15) is 39.3 Å². The maximum absolute atomic E-state index is 12.1. The van der Waals surface area contributed by atoms with Crippen molar-refractivity contribution in [2.75, 3.05) is 0 Å².